The van der Waals surface area contributed by atoms with Crippen LogP contribution in [0.5, 0.6) is 0 Å². The molecule has 131 heavy (non-hydrogen) atoms. The van der Waals surface area contributed by atoms with Crippen LogP contribution >= 0.6 is 0 Å². The first-order valence-corrected chi connectivity index (χ1v) is 44.0. The molecule has 4 atom stereocenters. The molecular formula is C92H104F2N22O15. The van der Waals surface area contributed by atoms with Crippen LogP contribution in [-0.2, 0) is 47.7 Å². The van der Waals surface area contributed by atoms with Crippen molar-refractivity contribution >= 4 is 106 Å². The van der Waals surface area contributed by atoms with Crippen LogP contribution in [0, 0.1) is 17.0 Å². The zero-order chi connectivity index (χ0) is 91.4. The smallest absolute Gasteiger partial charge is 0.317 e. The van der Waals surface area contributed by atoms with E-state index in [4.69, 9.17) is 50.3 Å². The molecule has 0 aliphatic carbocycles. The standard InChI is InChI=1S/C46H52FN11O7.C27H28FN7O2.C19H24N4O6/c47-31-5-1-4-30(26-31)37-7-3-17-57(37)39(48)12-13-40-51-28-36(52-40)35-6-2-8-41(53-35)56-20-18-55(19-21-56)29-43(60)50-16-23-65-25-24-64-22-15-49-32-9-10-33-34(27-32)46(63)58(45(33)62)38-11-14-42(59)54-44(38)61;28-20-5-1-4-19(16-20)22-7-3-11-34(22)26-10-9-24-29-17-23(35(24)31-26)21-6-2-8-25(30-21)33-14-12-32(13-15-33)18-27(36)37;20-5-7-28-9-10-29-8-6-21-12-1-2-13-14(11-12)19(27)23(18(13)26)15-3-4-16(24)22-17(15)25/h1-2,4-6,8-10,12-13,26-28,37-38,48-49H,3,7,11,14-25,29H2,(H,50,60)(H,51,52)(H,54,59,61);1-2,4-6,8-10,16-17,22H,3,7,11-15,18H2,(H,36,37);1-2,11,15,21H,3-10,20H2,(H,22,24,25)/b13-12-,48-39?;;/t37-,38?;22-;/m11./s1. The number of piperazine rings is 2. The number of halogens is 2. The minimum atomic E-state index is -1.01. The number of piperidine rings is 2. The number of hydrogen-bond acceptors (Lipinski definition) is 28. The normalized spacial score (nSPS) is 18.8. The number of carbonyl (C=O) groups excluding carboxylic acids is 9. The Hall–Kier alpha value is -13.7. The van der Waals surface area contributed by atoms with Crippen molar-refractivity contribution in [2.45, 2.75) is 75.5 Å². The number of nitrogens with two attached hydrogens (primary N) is 1. The summed E-state index contributed by atoms with van der Waals surface area (Å²) in [5.41, 5.74) is 13.2. The SMILES string of the molecule is N=C(/C=C\c1ncc(-c2cccc(N3CCN(CC(=O)NCCOCCOCCNc4ccc5c(c4)C(=O)N(C4CCC(=O)NC4=O)C5=O)CC3)n2)[nH]1)N1CCC[C@@H]1c1cccc(F)c1.NCCOCCOCCNc1ccc2c(c1)C(=O)N(C1CCC(=O)NC1=O)C2=O.O=C(O)CN1CCN(c2cccc(-c3cnc4ccc(N5CCC[C@@H]5c5cccc(F)c5)nn34)n2)CC1. The van der Waals surface area contributed by atoms with Crippen molar-refractivity contribution in [2.24, 2.45) is 5.73 Å². The van der Waals surface area contributed by atoms with Gasteiger partial charge in [-0.1, -0.05) is 36.4 Å². The maximum absolute atomic E-state index is 13.9. The lowest BCUT2D eigenvalue weighted by Crippen LogP contribution is -2.54. The molecule has 9 amide bonds. The number of amidine groups is 1. The van der Waals surface area contributed by atoms with Crippen LogP contribution in [-0.4, -0.2) is 299 Å². The molecule has 5 aromatic heterocycles. The summed E-state index contributed by atoms with van der Waals surface area (Å²) in [4.78, 5) is 159. The number of aliphatic carboxylic acids is 1. The van der Waals surface area contributed by atoms with Crippen LogP contribution in [0.15, 0.2) is 152 Å². The summed E-state index contributed by atoms with van der Waals surface area (Å²) in [6.45, 7) is 12.7. The highest BCUT2D eigenvalue weighted by Crippen LogP contribution is 2.38. The Morgan fingerprint density at radius 2 is 1.04 bits per heavy atom. The van der Waals surface area contributed by atoms with Crippen LogP contribution in [0.1, 0.15) is 122 Å². The number of ether oxygens (including phenoxy) is 4. The molecule has 39 heteroatoms. The highest BCUT2D eigenvalue weighted by Gasteiger charge is 2.47. The average Bonchev–Trinajstić information content (AvgIpc) is 1.61. The van der Waals surface area contributed by atoms with E-state index in [1.54, 1.807) is 85.2 Å². The molecular weight excluding hydrogens is 1690 g/mol. The van der Waals surface area contributed by atoms with E-state index in [0.717, 1.165) is 119 Å². The minimum absolute atomic E-state index is 0.0295. The number of nitrogens with one attached hydrogen (secondary N) is 7. The van der Waals surface area contributed by atoms with Gasteiger partial charge in [0.15, 0.2) is 5.65 Å². The minimum Gasteiger partial charge on any atom is -0.480 e. The lowest BCUT2D eigenvalue weighted by Gasteiger charge is -2.35. The molecule has 37 nitrogen and oxygen atoms in total. The average molecular weight is 1800 g/mol. The van der Waals surface area contributed by atoms with Gasteiger partial charge in [-0.15, -0.1) is 5.10 Å². The number of aromatic nitrogens is 7. The van der Waals surface area contributed by atoms with E-state index in [1.165, 1.54) is 12.1 Å². The van der Waals surface area contributed by atoms with Gasteiger partial charge in [-0.3, -0.25) is 83.6 Å². The second-order valence-corrected chi connectivity index (χ2v) is 32.4. The maximum atomic E-state index is 13.9. The van der Waals surface area contributed by atoms with Crippen molar-refractivity contribution in [1.29, 1.82) is 5.41 Å². The second-order valence-electron chi connectivity index (χ2n) is 32.4. The fraction of sp³-hybridized carbons (Fsp3) is 0.391. The first-order valence-electron chi connectivity index (χ1n) is 44.0. The quantitative estimate of drug-likeness (QED) is 0.00938. The molecule has 10 N–H and O–H groups in total. The van der Waals surface area contributed by atoms with Crippen molar-refractivity contribution in [2.75, 3.05) is 183 Å². The summed E-state index contributed by atoms with van der Waals surface area (Å²) >= 11 is 0. The summed E-state index contributed by atoms with van der Waals surface area (Å²) in [5.74, 6) is -2.16. The summed E-state index contributed by atoms with van der Waals surface area (Å²) in [7, 11) is 0. The Balaban J connectivity index is 0.000000167. The van der Waals surface area contributed by atoms with Gasteiger partial charge in [0.2, 0.25) is 29.5 Å². The van der Waals surface area contributed by atoms with Crippen LogP contribution in [0.2, 0.25) is 0 Å². The molecule has 4 aromatic carbocycles. The zero-order valence-corrected chi connectivity index (χ0v) is 72.2. The number of H-pyrrole nitrogens is 1. The van der Waals surface area contributed by atoms with E-state index in [0.29, 0.717) is 141 Å². The van der Waals surface area contributed by atoms with Crippen molar-refractivity contribution in [3.63, 3.8) is 0 Å². The molecule has 0 bridgehead atoms. The Labute approximate surface area is 752 Å². The third kappa shape index (κ3) is 23.0. The highest BCUT2D eigenvalue weighted by atomic mass is 19.1. The lowest BCUT2D eigenvalue weighted by molar-refractivity contribution is -0.139. The van der Waals surface area contributed by atoms with Crippen LogP contribution < -0.4 is 47.0 Å². The number of imide groups is 4. The lowest BCUT2D eigenvalue weighted by atomic mass is 10.0. The first-order chi connectivity index (χ1) is 63.7. The van der Waals surface area contributed by atoms with Gasteiger partial charge in [-0.2, -0.15) is 0 Å². The van der Waals surface area contributed by atoms with Crippen LogP contribution in [0.4, 0.5) is 37.6 Å². The van der Waals surface area contributed by atoms with Gasteiger partial charge in [0.25, 0.3) is 23.6 Å². The number of nitrogens with zero attached hydrogens (tertiary/aromatic N) is 14. The van der Waals surface area contributed by atoms with Gasteiger partial charge >= 0.3 is 5.97 Å². The summed E-state index contributed by atoms with van der Waals surface area (Å²) < 4.78 is 51.5. The van der Waals surface area contributed by atoms with E-state index in [-0.39, 0.29) is 90.7 Å². The highest BCUT2D eigenvalue weighted by molar-refractivity contribution is 6.25. The molecule has 9 aromatic rings. The Morgan fingerprint density at radius 1 is 0.519 bits per heavy atom. The predicted octanol–water partition coefficient (Wildman–Crippen LogP) is 6.19. The zero-order valence-electron chi connectivity index (χ0n) is 72.2. The number of imidazole rings is 2. The molecule has 0 radical (unpaired) electrons. The molecule has 2 unspecified atom stereocenters. The summed E-state index contributed by atoms with van der Waals surface area (Å²) in [6.07, 6.45) is 11.2. The number of amides is 9. The van der Waals surface area contributed by atoms with Gasteiger partial charge in [0.1, 0.15) is 58.5 Å². The number of carboxylic acid groups (broad SMARTS) is 1. The molecule has 6 fully saturated rings. The fourth-order valence-electron chi connectivity index (χ4n) is 17.1. The van der Waals surface area contributed by atoms with Gasteiger partial charge in [-0.25, -0.2) is 33.2 Å². The first kappa shape index (κ1) is 92.0. The third-order valence-corrected chi connectivity index (χ3v) is 23.7. The summed E-state index contributed by atoms with van der Waals surface area (Å²) in [6, 6.07) is 36.9. The molecule has 6 saturated heterocycles. The number of pyridine rings is 2. The number of aromatic amines is 1. The molecule has 8 aliphatic heterocycles. The number of carbonyl (C=O) groups is 10. The number of anilines is 5. The molecule has 0 saturated carbocycles. The Bertz CT molecular complexity index is 5720. The monoisotopic (exact) mass is 1790 g/mol. The predicted molar refractivity (Wildman–Crippen MR) is 479 cm³/mol. The number of rotatable bonds is 34. The second kappa shape index (κ2) is 43.6. The van der Waals surface area contributed by atoms with Crippen molar-refractivity contribution in [3.8, 4) is 22.8 Å². The Morgan fingerprint density at radius 3 is 1.60 bits per heavy atom. The topological polar surface area (TPSA) is 448 Å². The number of benzene rings is 4. The summed E-state index contributed by atoms with van der Waals surface area (Å²) in [5, 5.41) is 36.3. The third-order valence-electron chi connectivity index (χ3n) is 23.7. The number of fused-ring (bicyclic) bond motifs is 3. The van der Waals surface area contributed by atoms with Crippen molar-refractivity contribution in [1.82, 2.24) is 75.0 Å². The van der Waals surface area contributed by atoms with Gasteiger partial charge in [0.05, 0.1) is 130 Å². The van der Waals surface area contributed by atoms with E-state index in [2.05, 4.69) is 61.1 Å². The fourth-order valence-corrected chi connectivity index (χ4v) is 17.1. The van der Waals surface area contributed by atoms with Gasteiger partial charge in [-0.05, 0) is 159 Å². The molecule has 8 aliphatic rings. The maximum Gasteiger partial charge on any atom is 0.317 e. The van der Waals surface area contributed by atoms with Crippen molar-refractivity contribution in [3.05, 3.63) is 203 Å². The molecule has 0 spiro atoms. The molecule has 13 heterocycles. The Kier molecular flexibility index (Phi) is 30.6. The number of carboxylic acids is 1. The van der Waals surface area contributed by atoms with E-state index >= 15 is 0 Å². The van der Waals surface area contributed by atoms with E-state index in [9.17, 15) is 56.7 Å². The van der Waals surface area contributed by atoms with E-state index in [1.807, 2.05) is 75.0 Å². The number of likely N-dealkylation sites (tertiary alicyclic amines) is 1. The largest absolute Gasteiger partial charge is 0.480 e. The van der Waals surface area contributed by atoms with Gasteiger partial charge < -0.3 is 70.3 Å². The van der Waals surface area contributed by atoms with Crippen LogP contribution in [0.3, 0.4) is 0 Å². The van der Waals surface area contributed by atoms with Gasteiger partial charge in [0, 0.05) is 116 Å². The van der Waals surface area contributed by atoms with Crippen molar-refractivity contribution < 1.29 is 80.8 Å². The van der Waals surface area contributed by atoms with E-state index < -0.39 is 65.3 Å². The van der Waals surface area contributed by atoms with Crippen LogP contribution in [0.25, 0.3) is 34.5 Å². The molecule has 17 rings (SSSR count). The molecule has 686 valence electrons. The number of hydrogen-bond donors (Lipinski definition) is 9.